The third kappa shape index (κ3) is 5.75. The molecule has 0 unspecified atom stereocenters. The van der Waals surface area contributed by atoms with E-state index in [9.17, 15) is 13.2 Å². The molecule has 2 aromatic rings. The molecule has 2 rings (SSSR count). The average molecular weight is 443 g/mol. The third-order valence-electron chi connectivity index (χ3n) is 3.90. The van der Waals surface area contributed by atoms with Crippen LogP contribution in [0.25, 0.3) is 0 Å². The average Bonchev–Trinajstić information content (AvgIpc) is 2.69. The highest BCUT2D eigenvalue weighted by Gasteiger charge is 2.23. The molecule has 0 saturated heterocycles. The number of rotatable bonds is 9. The van der Waals surface area contributed by atoms with Crippen molar-refractivity contribution in [3.63, 3.8) is 0 Å². The number of carbonyl (C=O) groups is 1. The van der Waals surface area contributed by atoms with Gasteiger partial charge in [-0.05, 0) is 38.1 Å². The summed E-state index contributed by atoms with van der Waals surface area (Å²) in [6.45, 7) is 3.74. The first kappa shape index (κ1) is 22.8. The van der Waals surface area contributed by atoms with Crippen LogP contribution in [0.4, 0.5) is 5.69 Å². The summed E-state index contributed by atoms with van der Waals surface area (Å²) in [6.07, 6.45) is 0. The van der Waals surface area contributed by atoms with Gasteiger partial charge in [-0.3, -0.25) is 4.79 Å². The third-order valence-corrected chi connectivity index (χ3v) is 5.75. The van der Waals surface area contributed by atoms with Crippen LogP contribution in [0.3, 0.4) is 0 Å². The highest BCUT2D eigenvalue weighted by Crippen LogP contribution is 2.35. The molecule has 0 aliphatic heterocycles. The number of benzene rings is 2. The van der Waals surface area contributed by atoms with Gasteiger partial charge in [0.15, 0.2) is 0 Å². The number of amides is 1. The van der Waals surface area contributed by atoms with E-state index in [2.05, 4.69) is 10.0 Å². The molecule has 0 radical (unpaired) electrons. The van der Waals surface area contributed by atoms with Crippen LogP contribution >= 0.6 is 11.6 Å². The summed E-state index contributed by atoms with van der Waals surface area (Å²) < 4.78 is 43.1. The number of halogens is 1. The Labute approximate surface area is 175 Å². The van der Waals surface area contributed by atoms with Crippen molar-refractivity contribution < 1.29 is 27.4 Å². The van der Waals surface area contributed by atoms with Crippen LogP contribution in [0.2, 0.25) is 5.02 Å². The van der Waals surface area contributed by atoms with Gasteiger partial charge >= 0.3 is 0 Å². The van der Waals surface area contributed by atoms with Crippen molar-refractivity contribution in [2.45, 2.75) is 24.8 Å². The lowest BCUT2D eigenvalue weighted by Gasteiger charge is -2.17. The first-order valence-electron chi connectivity index (χ1n) is 8.69. The Bertz CT molecular complexity index is 963. The molecule has 0 aliphatic rings. The van der Waals surface area contributed by atoms with Gasteiger partial charge in [0.05, 0.1) is 42.5 Å². The van der Waals surface area contributed by atoms with Gasteiger partial charge in [-0.15, -0.1) is 0 Å². The Morgan fingerprint density at radius 3 is 2.28 bits per heavy atom. The summed E-state index contributed by atoms with van der Waals surface area (Å²) in [5.74, 6) is 0.624. The van der Waals surface area contributed by atoms with E-state index in [0.717, 1.165) is 0 Å². The van der Waals surface area contributed by atoms with Gasteiger partial charge in [-0.25, -0.2) is 8.42 Å². The molecule has 8 nitrogen and oxygen atoms in total. The summed E-state index contributed by atoms with van der Waals surface area (Å²) in [5.41, 5.74) is 0.297. The van der Waals surface area contributed by atoms with Gasteiger partial charge < -0.3 is 19.5 Å². The van der Waals surface area contributed by atoms with Crippen LogP contribution in [-0.2, 0) is 14.8 Å². The fraction of sp³-hybridized carbons (Fsp3) is 0.316. The number of anilines is 1. The van der Waals surface area contributed by atoms with E-state index in [-0.39, 0.29) is 4.90 Å². The Balaban J connectivity index is 2.14. The highest BCUT2D eigenvalue weighted by molar-refractivity contribution is 7.89. The molecule has 29 heavy (non-hydrogen) atoms. The predicted molar refractivity (Wildman–Crippen MR) is 111 cm³/mol. The Hall–Kier alpha value is -2.49. The molecule has 10 heteroatoms. The van der Waals surface area contributed by atoms with E-state index in [4.69, 9.17) is 25.8 Å². The molecule has 0 fully saturated rings. The van der Waals surface area contributed by atoms with Gasteiger partial charge in [0.2, 0.25) is 15.9 Å². The quantitative estimate of drug-likeness (QED) is 0.618. The first-order valence-corrected chi connectivity index (χ1v) is 10.6. The standard InChI is InChI=1S/C19H23ClN2O6S/c1-5-28-13-6-8-14(9-7-13)29(24,25)22-12(2)19(23)21-16-11-17(26-3)15(20)10-18(16)27-4/h6-12,22H,5H2,1-4H3,(H,21,23)/t12-/m0/s1. The van der Waals surface area contributed by atoms with E-state index in [1.807, 2.05) is 6.92 Å². The number of nitrogens with one attached hydrogen (secondary N) is 2. The number of hydrogen-bond donors (Lipinski definition) is 2. The second kappa shape index (κ2) is 9.82. The van der Waals surface area contributed by atoms with Crippen molar-refractivity contribution in [2.24, 2.45) is 0 Å². The normalized spacial score (nSPS) is 12.2. The molecule has 158 valence electrons. The lowest BCUT2D eigenvalue weighted by atomic mass is 10.2. The topological polar surface area (TPSA) is 103 Å². The number of hydrogen-bond acceptors (Lipinski definition) is 6. The number of ether oxygens (including phenoxy) is 3. The molecule has 2 aromatic carbocycles. The molecular weight excluding hydrogens is 420 g/mol. The van der Waals surface area contributed by atoms with E-state index >= 15 is 0 Å². The molecule has 0 aliphatic carbocycles. The number of methoxy groups -OCH3 is 2. The fourth-order valence-electron chi connectivity index (χ4n) is 2.44. The maximum Gasteiger partial charge on any atom is 0.242 e. The summed E-state index contributed by atoms with van der Waals surface area (Å²) in [5, 5.41) is 2.93. The summed E-state index contributed by atoms with van der Waals surface area (Å²) in [6, 6.07) is 7.84. The molecule has 0 heterocycles. The van der Waals surface area contributed by atoms with Gasteiger partial charge in [0.1, 0.15) is 17.2 Å². The largest absolute Gasteiger partial charge is 0.495 e. The summed E-state index contributed by atoms with van der Waals surface area (Å²) >= 11 is 6.05. The van der Waals surface area contributed by atoms with Gasteiger partial charge in [-0.1, -0.05) is 11.6 Å². The van der Waals surface area contributed by atoms with Crippen LogP contribution in [0.15, 0.2) is 41.3 Å². The molecule has 0 aromatic heterocycles. The zero-order valence-electron chi connectivity index (χ0n) is 16.5. The molecule has 0 bridgehead atoms. The lowest BCUT2D eigenvalue weighted by molar-refractivity contribution is -0.117. The second-order valence-corrected chi connectivity index (χ2v) is 8.04. The minimum absolute atomic E-state index is 0.0198. The van der Waals surface area contributed by atoms with Crippen molar-refractivity contribution in [3.05, 3.63) is 41.4 Å². The predicted octanol–water partition coefficient (Wildman–Crippen LogP) is 3.06. The first-order chi connectivity index (χ1) is 13.7. The zero-order chi connectivity index (χ0) is 21.6. The minimum Gasteiger partial charge on any atom is -0.495 e. The van der Waals surface area contributed by atoms with Crippen molar-refractivity contribution in [2.75, 3.05) is 26.1 Å². The fourth-order valence-corrected chi connectivity index (χ4v) is 3.87. The second-order valence-electron chi connectivity index (χ2n) is 5.92. The Kier molecular flexibility index (Phi) is 7.72. The molecule has 0 saturated carbocycles. The minimum atomic E-state index is -3.91. The molecule has 1 atom stereocenters. The lowest BCUT2D eigenvalue weighted by Crippen LogP contribution is -2.41. The van der Waals surface area contributed by atoms with Crippen molar-refractivity contribution >= 4 is 33.2 Å². The van der Waals surface area contributed by atoms with E-state index < -0.39 is 22.0 Å². The highest BCUT2D eigenvalue weighted by atomic mass is 35.5. The van der Waals surface area contributed by atoms with E-state index in [0.29, 0.717) is 34.6 Å². The Morgan fingerprint density at radius 2 is 1.72 bits per heavy atom. The van der Waals surface area contributed by atoms with Gasteiger partial charge in [0.25, 0.3) is 0 Å². The van der Waals surface area contributed by atoms with Crippen molar-refractivity contribution in [3.8, 4) is 17.2 Å². The van der Waals surface area contributed by atoms with Crippen molar-refractivity contribution in [1.29, 1.82) is 0 Å². The van der Waals surface area contributed by atoms with Crippen LogP contribution in [0.1, 0.15) is 13.8 Å². The maximum atomic E-state index is 12.5. The molecular formula is C19H23ClN2O6S. The van der Waals surface area contributed by atoms with Crippen LogP contribution in [-0.4, -0.2) is 41.2 Å². The van der Waals surface area contributed by atoms with Crippen LogP contribution in [0, 0.1) is 0 Å². The van der Waals surface area contributed by atoms with Crippen LogP contribution < -0.4 is 24.2 Å². The number of sulfonamides is 1. The Morgan fingerprint density at radius 1 is 1.10 bits per heavy atom. The summed E-state index contributed by atoms with van der Waals surface area (Å²) in [4.78, 5) is 12.5. The van der Waals surface area contributed by atoms with Gasteiger partial charge in [-0.2, -0.15) is 4.72 Å². The zero-order valence-corrected chi connectivity index (χ0v) is 18.1. The van der Waals surface area contributed by atoms with Crippen molar-refractivity contribution in [1.82, 2.24) is 4.72 Å². The summed E-state index contributed by atoms with van der Waals surface area (Å²) in [7, 11) is -1.05. The van der Waals surface area contributed by atoms with Gasteiger partial charge in [0, 0.05) is 12.1 Å². The number of carbonyl (C=O) groups excluding carboxylic acids is 1. The van der Waals surface area contributed by atoms with E-state index in [1.54, 1.807) is 12.1 Å². The van der Waals surface area contributed by atoms with E-state index in [1.165, 1.54) is 45.4 Å². The SMILES string of the molecule is CCOc1ccc(S(=O)(=O)N[C@@H](C)C(=O)Nc2cc(OC)c(Cl)cc2OC)cc1. The molecule has 0 spiro atoms. The smallest absolute Gasteiger partial charge is 0.242 e. The maximum absolute atomic E-state index is 12.5. The molecule has 2 N–H and O–H groups in total. The van der Waals surface area contributed by atoms with Crippen LogP contribution in [0.5, 0.6) is 17.2 Å². The monoisotopic (exact) mass is 442 g/mol. The molecule has 1 amide bonds.